The molecule has 0 aliphatic rings. The Hall–Kier alpha value is -1.57. The summed E-state index contributed by atoms with van der Waals surface area (Å²) < 4.78 is 5.31. The lowest BCUT2D eigenvalue weighted by atomic mass is 9.98. The number of allylic oxidation sites excluding steroid dienone is 2. The maximum atomic E-state index is 11.3. The van der Waals surface area contributed by atoms with Crippen molar-refractivity contribution < 1.29 is 9.53 Å². The molecular weight excluding hydrogens is 200 g/mol. The van der Waals surface area contributed by atoms with Crippen molar-refractivity contribution in [2.45, 2.75) is 27.2 Å². The van der Waals surface area contributed by atoms with Crippen molar-refractivity contribution in [3.8, 4) is 5.75 Å². The van der Waals surface area contributed by atoms with Crippen LogP contribution in [0.15, 0.2) is 24.3 Å². The standard InChI is InChI=1S/C14H18O2/c1-5-11(6-2)13-9-12(10(3)15)7-8-14(13)16-4/h5,7-9H,6H2,1-4H3. The molecule has 0 aliphatic carbocycles. The molecule has 86 valence electrons. The number of Topliss-reactive ketones (excluding diaryl/α,β-unsaturated/α-hetero) is 1. The zero-order valence-corrected chi connectivity index (χ0v) is 10.3. The fourth-order valence-corrected chi connectivity index (χ4v) is 1.73. The molecule has 0 spiro atoms. The van der Waals surface area contributed by atoms with Crippen molar-refractivity contribution in [2.75, 3.05) is 7.11 Å². The average molecular weight is 218 g/mol. The van der Waals surface area contributed by atoms with Gasteiger partial charge in [-0.3, -0.25) is 4.79 Å². The maximum Gasteiger partial charge on any atom is 0.159 e. The Kier molecular flexibility index (Phi) is 4.29. The molecule has 0 aromatic heterocycles. The molecule has 1 rings (SSSR count). The molecule has 2 nitrogen and oxygen atoms in total. The van der Waals surface area contributed by atoms with E-state index in [0.29, 0.717) is 0 Å². The molecule has 0 bridgehead atoms. The molecule has 0 amide bonds. The zero-order chi connectivity index (χ0) is 12.1. The predicted molar refractivity (Wildman–Crippen MR) is 66.9 cm³/mol. The topological polar surface area (TPSA) is 26.3 Å². The summed E-state index contributed by atoms with van der Waals surface area (Å²) in [7, 11) is 1.65. The van der Waals surface area contributed by atoms with E-state index in [2.05, 4.69) is 13.0 Å². The van der Waals surface area contributed by atoms with Crippen LogP contribution in [-0.4, -0.2) is 12.9 Å². The highest BCUT2D eigenvalue weighted by atomic mass is 16.5. The van der Waals surface area contributed by atoms with E-state index < -0.39 is 0 Å². The zero-order valence-electron chi connectivity index (χ0n) is 10.3. The van der Waals surface area contributed by atoms with Crippen molar-refractivity contribution >= 4 is 11.4 Å². The Bertz CT molecular complexity index is 417. The minimum Gasteiger partial charge on any atom is -0.496 e. The highest BCUT2D eigenvalue weighted by Gasteiger charge is 2.09. The number of hydrogen-bond donors (Lipinski definition) is 0. The molecule has 0 fully saturated rings. The van der Waals surface area contributed by atoms with Gasteiger partial charge in [0, 0.05) is 11.1 Å². The number of methoxy groups -OCH3 is 1. The van der Waals surface area contributed by atoms with Gasteiger partial charge in [0.05, 0.1) is 7.11 Å². The van der Waals surface area contributed by atoms with E-state index in [0.717, 1.165) is 23.3 Å². The van der Waals surface area contributed by atoms with Crippen molar-refractivity contribution in [3.63, 3.8) is 0 Å². The number of benzene rings is 1. The van der Waals surface area contributed by atoms with Gasteiger partial charge < -0.3 is 4.74 Å². The van der Waals surface area contributed by atoms with Crippen LogP contribution in [0.3, 0.4) is 0 Å². The first kappa shape index (κ1) is 12.5. The summed E-state index contributed by atoms with van der Waals surface area (Å²) in [5.74, 6) is 0.899. The molecule has 0 atom stereocenters. The van der Waals surface area contributed by atoms with Crippen LogP contribution < -0.4 is 4.74 Å². The van der Waals surface area contributed by atoms with Crippen LogP contribution >= 0.6 is 0 Å². The first-order valence-electron chi connectivity index (χ1n) is 5.48. The van der Waals surface area contributed by atoms with Gasteiger partial charge in [0.1, 0.15) is 5.75 Å². The number of rotatable bonds is 4. The molecule has 16 heavy (non-hydrogen) atoms. The summed E-state index contributed by atoms with van der Waals surface area (Å²) in [5, 5.41) is 0. The molecule has 1 aromatic carbocycles. The smallest absolute Gasteiger partial charge is 0.159 e. The van der Waals surface area contributed by atoms with Crippen LogP contribution in [0.4, 0.5) is 0 Å². The van der Waals surface area contributed by atoms with Crippen LogP contribution in [0, 0.1) is 0 Å². The van der Waals surface area contributed by atoms with Gasteiger partial charge in [0.2, 0.25) is 0 Å². The highest BCUT2D eigenvalue weighted by Crippen LogP contribution is 2.29. The third-order valence-corrected chi connectivity index (χ3v) is 2.68. The second-order valence-corrected chi connectivity index (χ2v) is 3.64. The number of hydrogen-bond acceptors (Lipinski definition) is 2. The van der Waals surface area contributed by atoms with Crippen molar-refractivity contribution in [3.05, 3.63) is 35.4 Å². The first-order valence-corrected chi connectivity index (χ1v) is 5.48. The molecule has 1 aromatic rings. The Morgan fingerprint density at radius 3 is 2.56 bits per heavy atom. The summed E-state index contributed by atoms with van der Waals surface area (Å²) >= 11 is 0. The van der Waals surface area contributed by atoms with Crippen LogP contribution in [0.2, 0.25) is 0 Å². The van der Waals surface area contributed by atoms with E-state index in [-0.39, 0.29) is 5.78 Å². The Morgan fingerprint density at radius 2 is 2.12 bits per heavy atom. The predicted octanol–water partition coefficient (Wildman–Crippen LogP) is 3.71. The van der Waals surface area contributed by atoms with Gasteiger partial charge in [-0.2, -0.15) is 0 Å². The SMILES string of the molecule is CC=C(CC)c1cc(C(C)=O)ccc1OC. The Labute approximate surface area is 96.9 Å². The molecular formula is C14H18O2. The normalized spacial score (nSPS) is 11.4. The quantitative estimate of drug-likeness (QED) is 0.720. The van der Waals surface area contributed by atoms with E-state index >= 15 is 0 Å². The summed E-state index contributed by atoms with van der Waals surface area (Å²) in [4.78, 5) is 11.3. The monoisotopic (exact) mass is 218 g/mol. The van der Waals surface area contributed by atoms with E-state index in [4.69, 9.17) is 4.74 Å². The molecule has 0 radical (unpaired) electrons. The van der Waals surface area contributed by atoms with Crippen molar-refractivity contribution in [1.29, 1.82) is 0 Å². The fourth-order valence-electron chi connectivity index (χ4n) is 1.73. The van der Waals surface area contributed by atoms with Gasteiger partial charge in [0.25, 0.3) is 0 Å². The minimum absolute atomic E-state index is 0.0791. The van der Waals surface area contributed by atoms with Gasteiger partial charge in [-0.15, -0.1) is 0 Å². The molecule has 0 saturated heterocycles. The van der Waals surface area contributed by atoms with Gasteiger partial charge >= 0.3 is 0 Å². The molecule has 0 heterocycles. The Morgan fingerprint density at radius 1 is 1.44 bits per heavy atom. The molecule has 0 saturated carbocycles. The summed E-state index contributed by atoms with van der Waals surface area (Å²) in [5.41, 5.74) is 2.93. The van der Waals surface area contributed by atoms with Gasteiger partial charge in [-0.05, 0) is 44.0 Å². The van der Waals surface area contributed by atoms with Crippen LogP contribution in [0.5, 0.6) is 5.75 Å². The highest BCUT2D eigenvalue weighted by molar-refractivity contribution is 5.95. The van der Waals surface area contributed by atoms with Crippen LogP contribution in [0.25, 0.3) is 5.57 Å². The summed E-state index contributed by atoms with van der Waals surface area (Å²) in [6.07, 6.45) is 2.98. The lowest BCUT2D eigenvalue weighted by Gasteiger charge is -2.11. The third-order valence-electron chi connectivity index (χ3n) is 2.68. The number of carbonyl (C=O) groups excluding carboxylic acids is 1. The number of ether oxygens (including phenoxy) is 1. The second kappa shape index (κ2) is 5.50. The van der Waals surface area contributed by atoms with E-state index in [1.54, 1.807) is 20.1 Å². The van der Waals surface area contributed by atoms with E-state index in [9.17, 15) is 4.79 Å². The number of carbonyl (C=O) groups is 1. The van der Waals surface area contributed by atoms with Crippen LogP contribution in [-0.2, 0) is 0 Å². The van der Waals surface area contributed by atoms with Gasteiger partial charge in [-0.1, -0.05) is 13.0 Å². The lowest BCUT2D eigenvalue weighted by Crippen LogP contribution is -1.97. The minimum atomic E-state index is 0.0791. The van der Waals surface area contributed by atoms with Crippen molar-refractivity contribution in [1.82, 2.24) is 0 Å². The molecule has 0 aliphatic heterocycles. The van der Waals surface area contributed by atoms with Crippen molar-refractivity contribution in [2.24, 2.45) is 0 Å². The molecule has 0 N–H and O–H groups in total. The third kappa shape index (κ3) is 2.51. The molecule has 2 heteroatoms. The lowest BCUT2D eigenvalue weighted by molar-refractivity contribution is 0.101. The average Bonchev–Trinajstić information content (AvgIpc) is 2.30. The maximum absolute atomic E-state index is 11.3. The van der Waals surface area contributed by atoms with Gasteiger partial charge in [0.15, 0.2) is 5.78 Å². The second-order valence-electron chi connectivity index (χ2n) is 3.64. The van der Waals surface area contributed by atoms with Crippen LogP contribution in [0.1, 0.15) is 43.1 Å². The van der Waals surface area contributed by atoms with E-state index in [1.807, 2.05) is 19.1 Å². The van der Waals surface area contributed by atoms with E-state index in [1.165, 1.54) is 5.57 Å². The summed E-state index contributed by atoms with van der Waals surface area (Å²) in [6.45, 7) is 5.67. The number of ketones is 1. The largest absolute Gasteiger partial charge is 0.496 e. The molecule has 0 unspecified atom stereocenters. The van der Waals surface area contributed by atoms with Gasteiger partial charge in [-0.25, -0.2) is 0 Å². The first-order chi connectivity index (χ1) is 7.63. The summed E-state index contributed by atoms with van der Waals surface area (Å²) in [6, 6.07) is 5.55. The fraction of sp³-hybridized carbons (Fsp3) is 0.357. The Balaban J connectivity index is 3.32.